The van der Waals surface area contributed by atoms with Gasteiger partial charge in [-0.3, -0.25) is 0 Å². The van der Waals surface area contributed by atoms with Crippen LogP contribution in [-0.2, 0) is 19.0 Å². The molecule has 0 unspecified atom stereocenters. The van der Waals surface area contributed by atoms with E-state index in [2.05, 4.69) is 9.39 Å². The van der Waals surface area contributed by atoms with Gasteiger partial charge in [-0.2, -0.15) is 39.5 Å². The van der Waals surface area contributed by atoms with Crippen molar-refractivity contribution in [2.75, 3.05) is 0 Å². The molecule has 2 N–H and O–H groups in total. The molecule has 0 saturated carbocycles. The third-order valence-corrected chi connectivity index (χ3v) is 1.72. The van der Waals surface area contributed by atoms with Gasteiger partial charge in [-0.05, 0) is 0 Å². The molecule has 0 aromatic carbocycles. The summed E-state index contributed by atoms with van der Waals surface area (Å²) in [5.74, 6) is -20.6. The molecule has 130 valence electrons. The summed E-state index contributed by atoms with van der Waals surface area (Å²) in [5, 5.41) is 15.9. The normalized spacial score (nSPS) is 13.0. The number of rotatable bonds is 4. The molecule has 0 fully saturated rings. The molecule has 6 nitrogen and oxygen atoms in total. The maximum atomic E-state index is 12.7. The van der Waals surface area contributed by atoms with Crippen LogP contribution in [0.25, 0.3) is 0 Å². The molecule has 0 atom stereocenters. The van der Waals surface area contributed by atoms with Crippen molar-refractivity contribution in [3.63, 3.8) is 0 Å². The number of hydrogen-bond donors (Lipinski definition) is 2. The Morgan fingerprint density at radius 2 is 1.17 bits per heavy atom. The van der Waals surface area contributed by atoms with E-state index in [4.69, 9.17) is 10.0 Å². The third kappa shape index (κ3) is 4.93. The number of ether oxygens (including phenoxy) is 1. The standard InChI is InChI=1S/C6H2BF9O6.Li.H/c8-3(9,5(12,13)14)4(10,11)6(15,16)21-1(17)2(18)22-7(19)20;;/h19-20H;;. The number of hydrogen-bond acceptors (Lipinski definition) is 6. The van der Waals surface area contributed by atoms with Crippen molar-refractivity contribution in [2.45, 2.75) is 24.1 Å². The number of carbonyl (C=O) groups excluding carboxylic acids is 2. The summed E-state index contributed by atoms with van der Waals surface area (Å²) in [6, 6.07) is 0. The van der Waals surface area contributed by atoms with Crippen LogP contribution >= 0.6 is 0 Å². The molecule has 0 spiro atoms. The quantitative estimate of drug-likeness (QED) is 0.313. The van der Waals surface area contributed by atoms with E-state index >= 15 is 0 Å². The van der Waals surface area contributed by atoms with Gasteiger partial charge in [0.05, 0.1) is 0 Å². The Morgan fingerprint density at radius 3 is 1.48 bits per heavy atom. The van der Waals surface area contributed by atoms with E-state index in [1.165, 1.54) is 0 Å². The van der Waals surface area contributed by atoms with Crippen molar-refractivity contribution in [1.82, 2.24) is 0 Å². The number of halogens is 9. The van der Waals surface area contributed by atoms with Gasteiger partial charge in [0.2, 0.25) is 0 Å². The molecular weight excluding hydrogens is 357 g/mol. The predicted octanol–water partition coefficient (Wildman–Crippen LogP) is -0.180. The van der Waals surface area contributed by atoms with Gasteiger partial charge in [-0.15, -0.1) is 0 Å². The molecule has 0 heterocycles. The first kappa shape index (κ1) is 24.1. The average molecular weight is 360 g/mol. The van der Waals surface area contributed by atoms with Crippen LogP contribution in [0.4, 0.5) is 39.5 Å². The Kier molecular flexibility index (Phi) is 7.56. The predicted molar refractivity (Wildman–Crippen MR) is 50.4 cm³/mol. The van der Waals surface area contributed by atoms with Gasteiger partial charge in [-0.25, -0.2) is 9.59 Å². The second-order valence-electron chi connectivity index (χ2n) is 3.28. The molecule has 0 amide bonds. The van der Waals surface area contributed by atoms with E-state index in [0.717, 1.165) is 0 Å². The van der Waals surface area contributed by atoms with Gasteiger partial charge in [0.1, 0.15) is 0 Å². The summed E-state index contributed by atoms with van der Waals surface area (Å²) in [6.07, 6.45) is -13.9. The van der Waals surface area contributed by atoms with Gasteiger partial charge < -0.3 is 19.4 Å². The zero-order valence-electron chi connectivity index (χ0n) is 9.51. The van der Waals surface area contributed by atoms with E-state index in [-0.39, 0.29) is 18.9 Å². The van der Waals surface area contributed by atoms with Crippen LogP contribution in [0.15, 0.2) is 0 Å². The molecule has 0 aromatic heterocycles. The number of alkyl halides is 9. The van der Waals surface area contributed by atoms with E-state index in [9.17, 15) is 49.1 Å². The Hall–Kier alpha value is -1.11. The molecule has 0 radical (unpaired) electrons. The first-order valence-electron chi connectivity index (χ1n) is 4.47. The number of esters is 1. The van der Waals surface area contributed by atoms with Crippen molar-refractivity contribution in [3.05, 3.63) is 0 Å². The summed E-state index contributed by atoms with van der Waals surface area (Å²) in [6.45, 7) is 0. The average Bonchev–Trinajstić information content (AvgIpc) is 2.25. The van der Waals surface area contributed by atoms with Crippen LogP contribution in [0.5, 0.6) is 0 Å². The summed E-state index contributed by atoms with van der Waals surface area (Å²) in [7, 11) is -3.11. The van der Waals surface area contributed by atoms with Gasteiger partial charge in [0, 0.05) is 0 Å². The summed E-state index contributed by atoms with van der Waals surface area (Å²) >= 11 is 0. The monoisotopic (exact) mass is 360 g/mol. The molecule has 0 saturated heterocycles. The van der Waals surface area contributed by atoms with Crippen molar-refractivity contribution >= 4 is 38.1 Å². The van der Waals surface area contributed by atoms with Crippen molar-refractivity contribution in [3.8, 4) is 0 Å². The molecular formula is C6H3BF9LiO6. The van der Waals surface area contributed by atoms with Crippen LogP contribution in [0.1, 0.15) is 0 Å². The van der Waals surface area contributed by atoms with Gasteiger partial charge in [-0.1, -0.05) is 0 Å². The minimum atomic E-state index is -7.33. The van der Waals surface area contributed by atoms with E-state index < -0.39 is 43.4 Å². The van der Waals surface area contributed by atoms with Gasteiger partial charge in [0.25, 0.3) is 0 Å². The van der Waals surface area contributed by atoms with E-state index in [1.807, 2.05) is 0 Å². The second-order valence-corrected chi connectivity index (χ2v) is 3.28. The second kappa shape index (κ2) is 7.20. The Bertz CT molecular complexity index is 452. The van der Waals surface area contributed by atoms with Crippen LogP contribution in [0, 0.1) is 0 Å². The van der Waals surface area contributed by atoms with Gasteiger partial charge in [0.15, 0.2) is 0 Å². The Labute approximate surface area is 131 Å². The first-order valence-corrected chi connectivity index (χ1v) is 4.47. The summed E-state index contributed by atoms with van der Waals surface area (Å²) in [4.78, 5) is 20.9. The molecule has 0 aliphatic carbocycles. The SMILES string of the molecule is O=C(OB(O)O)C(=O)OC(F)(F)C(F)(F)C(F)(F)C(F)(F)F.[LiH]. The third-order valence-electron chi connectivity index (χ3n) is 1.72. The van der Waals surface area contributed by atoms with E-state index in [1.54, 1.807) is 0 Å². The van der Waals surface area contributed by atoms with Gasteiger partial charge >= 0.3 is 62.3 Å². The zero-order valence-corrected chi connectivity index (χ0v) is 9.51. The van der Waals surface area contributed by atoms with Crippen molar-refractivity contribution in [2.24, 2.45) is 0 Å². The van der Waals surface area contributed by atoms with Crippen LogP contribution in [0.2, 0.25) is 0 Å². The van der Waals surface area contributed by atoms with Crippen LogP contribution in [0.3, 0.4) is 0 Å². The zero-order chi connectivity index (χ0) is 18.1. The molecule has 0 aliphatic heterocycles. The molecule has 0 aliphatic rings. The Balaban J connectivity index is 0. The van der Waals surface area contributed by atoms with Crippen LogP contribution in [-0.4, -0.2) is 72.3 Å². The molecule has 17 heteroatoms. The van der Waals surface area contributed by atoms with Crippen LogP contribution < -0.4 is 0 Å². The Morgan fingerprint density at radius 1 is 0.783 bits per heavy atom. The summed E-state index contributed by atoms with van der Waals surface area (Å²) in [5.41, 5.74) is 0. The molecule has 0 rings (SSSR count). The number of carbonyl (C=O) groups is 2. The fourth-order valence-corrected chi connectivity index (χ4v) is 0.727. The fourth-order valence-electron chi connectivity index (χ4n) is 0.727. The molecule has 0 bridgehead atoms. The minimum absolute atomic E-state index is 0. The molecule has 23 heavy (non-hydrogen) atoms. The first-order chi connectivity index (χ1) is 9.47. The van der Waals surface area contributed by atoms with Crippen molar-refractivity contribution in [1.29, 1.82) is 0 Å². The summed E-state index contributed by atoms with van der Waals surface area (Å²) < 4.78 is 115. The maximum absolute atomic E-state index is 12.7. The topological polar surface area (TPSA) is 93.1 Å². The molecule has 0 aromatic rings. The van der Waals surface area contributed by atoms with E-state index in [0.29, 0.717) is 0 Å². The van der Waals surface area contributed by atoms with Crippen molar-refractivity contribution < 1.29 is 68.5 Å². The fraction of sp³-hybridized carbons (Fsp3) is 0.667.